The van der Waals surface area contributed by atoms with Crippen LogP contribution in [0.1, 0.15) is 47.4 Å². The van der Waals surface area contributed by atoms with E-state index in [-0.39, 0.29) is 17.9 Å². The van der Waals surface area contributed by atoms with Gasteiger partial charge in [0.2, 0.25) is 0 Å². The minimum atomic E-state index is -0.550. The molecule has 5 nitrogen and oxygen atoms in total. The van der Waals surface area contributed by atoms with Crippen molar-refractivity contribution in [2.45, 2.75) is 33.0 Å². The van der Waals surface area contributed by atoms with Gasteiger partial charge >= 0.3 is 0 Å². The Hall–Kier alpha value is -1.56. The smallest absolute Gasteiger partial charge is 0.180 e. The Labute approximate surface area is 136 Å². The third kappa shape index (κ3) is 4.47. The molecule has 0 spiro atoms. The molecule has 0 bridgehead atoms. The van der Waals surface area contributed by atoms with Gasteiger partial charge in [-0.25, -0.2) is 0 Å². The summed E-state index contributed by atoms with van der Waals surface area (Å²) >= 11 is 0. The summed E-state index contributed by atoms with van der Waals surface area (Å²) < 4.78 is 16.3. The van der Waals surface area contributed by atoms with E-state index < -0.39 is 5.92 Å². The number of Topliss-reactive ketones (excluding diaryl/α,β-unsaturated/α-hetero) is 2. The Bertz CT molecular complexity index is 499. The van der Waals surface area contributed by atoms with Gasteiger partial charge < -0.3 is 14.2 Å². The summed E-state index contributed by atoms with van der Waals surface area (Å²) in [6, 6.07) is 7.02. The number of hydrogen-bond donors (Lipinski definition) is 0. The summed E-state index contributed by atoms with van der Waals surface area (Å²) in [5.41, 5.74) is 1.10. The van der Waals surface area contributed by atoms with Gasteiger partial charge in [0.05, 0.1) is 12.5 Å². The number of ketones is 2. The molecule has 0 aromatic heterocycles. The van der Waals surface area contributed by atoms with E-state index in [2.05, 4.69) is 0 Å². The van der Waals surface area contributed by atoms with Crippen molar-refractivity contribution in [3.05, 3.63) is 35.4 Å². The van der Waals surface area contributed by atoms with Gasteiger partial charge in [0.25, 0.3) is 0 Å². The van der Waals surface area contributed by atoms with Gasteiger partial charge in [-0.2, -0.15) is 0 Å². The predicted molar refractivity (Wildman–Crippen MR) is 85.7 cm³/mol. The SMILES string of the molecule is CCOC(COCCCC1C(=O)c2ccccc2C1=O)OCC. The second kappa shape index (κ2) is 8.91. The molecule has 0 heterocycles. The molecule has 0 saturated heterocycles. The zero-order valence-electron chi connectivity index (χ0n) is 13.7. The van der Waals surface area contributed by atoms with Crippen molar-refractivity contribution >= 4 is 11.6 Å². The lowest BCUT2D eigenvalue weighted by Gasteiger charge is -2.17. The van der Waals surface area contributed by atoms with E-state index in [4.69, 9.17) is 14.2 Å². The molecule has 0 saturated carbocycles. The first-order valence-corrected chi connectivity index (χ1v) is 8.17. The summed E-state index contributed by atoms with van der Waals surface area (Å²) in [5.74, 6) is -0.676. The lowest BCUT2D eigenvalue weighted by Crippen LogP contribution is -2.24. The standard InChI is InChI=1S/C18H24O5/c1-3-22-16(23-4-2)12-21-11-7-10-15-17(19)13-8-5-6-9-14(13)18(15)20/h5-6,8-9,15-16H,3-4,7,10-12H2,1-2H3. The number of ether oxygens (including phenoxy) is 3. The lowest BCUT2D eigenvalue weighted by atomic mass is 9.98. The fourth-order valence-electron chi connectivity index (χ4n) is 2.75. The summed E-state index contributed by atoms with van der Waals surface area (Å²) in [5, 5.41) is 0. The molecular formula is C18H24O5. The summed E-state index contributed by atoms with van der Waals surface area (Å²) in [6.45, 7) is 5.77. The van der Waals surface area contributed by atoms with Crippen molar-refractivity contribution in [1.82, 2.24) is 0 Å². The van der Waals surface area contributed by atoms with Crippen molar-refractivity contribution in [2.75, 3.05) is 26.4 Å². The Balaban J connectivity index is 1.73. The minimum absolute atomic E-state index is 0.0629. The molecule has 1 aliphatic carbocycles. The highest BCUT2D eigenvalue weighted by molar-refractivity contribution is 6.26. The zero-order valence-corrected chi connectivity index (χ0v) is 13.7. The molecule has 0 fully saturated rings. The third-order valence-corrected chi connectivity index (χ3v) is 3.83. The second-order valence-corrected chi connectivity index (χ2v) is 5.38. The quantitative estimate of drug-likeness (QED) is 0.377. The third-order valence-electron chi connectivity index (χ3n) is 3.83. The molecule has 0 unspecified atom stereocenters. The van der Waals surface area contributed by atoms with Crippen molar-refractivity contribution in [1.29, 1.82) is 0 Å². The largest absolute Gasteiger partial charge is 0.376 e. The van der Waals surface area contributed by atoms with Crippen molar-refractivity contribution in [3.8, 4) is 0 Å². The first-order valence-electron chi connectivity index (χ1n) is 8.17. The van der Waals surface area contributed by atoms with E-state index >= 15 is 0 Å². The molecule has 0 atom stereocenters. The van der Waals surface area contributed by atoms with Crippen LogP contribution >= 0.6 is 0 Å². The van der Waals surface area contributed by atoms with Crippen LogP contribution in [0.2, 0.25) is 0 Å². The average Bonchev–Trinajstić information content (AvgIpc) is 2.80. The first-order chi connectivity index (χ1) is 11.2. The fourth-order valence-corrected chi connectivity index (χ4v) is 2.75. The van der Waals surface area contributed by atoms with Crippen molar-refractivity contribution in [2.24, 2.45) is 5.92 Å². The Kier molecular flexibility index (Phi) is 6.89. The summed E-state index contributed by atoms with van der Waals surface area (Å²) in [7, 11) is 0. The van der Waals surface area contributed by atoms with Crippen molar-refractivity contribution in [3.63, 3.8) is 0 Å². The maximum absolute atomic E-state index is 12.2. The topological polar surface area (TPSA) is 61.8 Å². The summed E-state index contributed by atoms with van der Waals surface area (Å²) in [4.78, 5) is 24.5. The molecule has 1 aromatic carbocycles. The first kappa shape index (κ1) is 17.8. The molecule has 2 rings (SSSR count). The van der Waals surface area contributed by atoms with Gasteiger partial charge in [-0.3, -0.25) is 9.59 Å². The Morgan fingerprint density at radius 2 is 1.57 bits per heavy atom. The number of carbonyl (C=O) groups is 2. The molecule has 0 aliphatic heterocycles. The predicted octanol–water partition coefficient (Wildman–Crippen LogP) is 2.88. The molecule has 23 heavy (non-hydrogen) atoms. The monoisotopic (exact) mass is 320 g/mol. The van der Waals surface area contributed by atoms with Crippen LogP contribution < -0.4 is 0 Å². The molecule has 1 aliphatic rings. The highest BCUT2D eigenvalue weighted by Crippen LogP contribution is 2.29. The Morgan fingerprint density at radius 3 is 2.09 bits per heavy atom. The molecule has 1 aromatic rings. The molecular weight excluding hydrogens is 296 g/mol. The zero-order chi connectivity index (χ0) is 16.7. The highest BCUT2D eigenvalue weighted by Gasteiger charge is 2.37. The van der Waals surface area contributed by atoms with Gasteiger partial charge in [0.15, 0.2) is 17.9 Å². The van der Waals surface area contributed by atoms with Gasteiger partial charge in [-0.05, 0) is 26.7 Å². The molecule has 0 N–H and O–H groups in total. The molecule has 126 valence electrons. The van der Waals surface area contributed by atoms with Crippen LogP contribution in [0.3, 0.4) is 0 Å². The summed E-state index contributed by atoms with van der Waals surface area (Å²) in [6.07, 6.45) is 0.811. The van der Waals surface area contributed by atoms with E-state index in [1.807, 2.05) is 13.8 Å². The average molecular weight is 320 g/mol. The maximum atomic E-state index is 12.2. The normalized spacial score (nSPS) is 14.7. The molecule has 0 radical (unpaired) electrons. The van der Waals surface area contributed by atoms with Crippen LogP contribution in [0.4, 0.5) is 0 Å². The van der Waals surface area contributed by atoms with E-state index in [9.17, 15) is 9.59 Å². The van der Waals surface area contributed by atoms with Gasteiger partial charge in [-0.15, -0.1) is 0 Å². The van der Waals surface area contributed by atoms with Crippen molar-refractivity contribution < 1.29 is 23.8 Å². The van der Waals surface area contributed by atoms with Crippen LogP contribution in [0.5, 0.6) is 0 Å². The number of benzene rings is 1. The van der Waals surface area contributed by atoms with Crippen LogP contribution in [-0.2, 0) is 14.2 Å². The molecule has 5 heteroatoms. The van der Waals surface area contributed by atoms with Gasteiger partial charge in [-0.1, -0.05) is 24.3 Å². The minimum Gasteiger partial charge on any atom is -0.376 e. The number of hydrogen-bond acceptors (Lipinski definition) is 5. The van der Waals surface area contributed by atoms with E-state index in [1.165, 1.54) is 0 Å². The van der Waals surface area contributed by atoms with Crippen LogP contribution in [0.25, 0.3) is 0 Å². The Morgan fingerprint density at radius 1 is 1.00 bits per heavy atom. The second-order valence-electron chi connectivity index (χ2n) is 5.38. The lowest BCUT2D eigenvalue weighted by molar-refractivity contribution is -0.167. The highest BCUT2D eigenvalue weighted by atomic mass is 16.7. The van der Waals surface area contributed by atoms with E-state index in [0.717, 1.165) is 0 Å². The maximum Gasteiger partial charge on any atom is 0.180 e. The van der Waals surface area contributed by atoms with E-state index in [1.54, 1.807) is 24.3 Å². The number of fused-ring (bicyclic) bond motifs is 1. The van der Waals surface area contributed by atoms with Crippen LogP contribution in [-0.4, -0.2) is 44.3 Å². The number of rotatable bonds is 10. The van der Waals surface area contributed by atoms with E-state index in [0.29, 0.717) is 50.4 Å². The van der Waals surface area contributed by atoms with Crippen LogP contribution in [0, 0.1) is 5.92 Å². The van der Waals surface area contributed by atoms with Gasteiger partial charge in [0, 0.05) is 30.9 Å². The molecule has 0 amide bonds. The van der Waals surface area contributed by atoms with Crippen LogP contribution in [0.15, 0.2) is 24.3 Å². The fraction of sp³-hybridized carbons (Fsp3) is 0.556. The van der Waals surface area contributed by atoms with Gasteiger partial charge in [0.1, 0.15) is 0 Å². The number of carbonyl (C=O) groups excluding carboxylic acids is 2.